The zero-order valence-electron chi connectivity index (χ0n) is 10.5. The molecule has 0 atom stereocenters. The zero-order chi connectivity index (χ0) is 13.5. The van der Waals surface area contributed by atoms with Gasteiger partial charge in [0.2, 0.25) is 0 Å². The van der Waals surface area contributed by atoms with Crippen LogP contribution in [0.3, 0.4) is 0 Å². The van der Waals surface area contributed by atoms with Gasteiger partial charge in [-0.15, -0.1) is 0 Å². The van der Waals surface area contributed by atoms with Crippen molar-refractivity contribution >= 4 is 12.0 Å². The summed E-state index contributed by atoms with van der Waals surface area (Å²) in [5.41, 5.74) is 0.685. The first-order valence-electron chi connectivity index (χ1n) is 5.71. The highest BCUT2D eigenvalue weighted by atomic mass is 16.4. The van der Waals surface area contributed by atoms with E-state index in [0.29, 0.717) is 12.2 Å². The van der Waals surface area contributed by atoms with E-state index in [1.54, 1.807) is 11.9 Å². The van der Waals surface area contributed by atoms with E-state index in [-0.39, 0.29) is 18.1 Å². The number of hydrogen-bond acceptors (Lipinski definition) is 3. The molecule has 2 amide bonds. The Hall–Kier alpha value is -2.11. The molecule has 0 aromatic carbocycles. The average Bonchev–Trinajstić information content (AvgIpc) is 2.36. The van der Waals surface area contributed by atoms with E-state index in [2.05, 4.69) is 10.3 Å². The van der Waals surface area contributed by atoms with Gasteiger partial charge in [0, 0.05) is 19.8 Å². The summed E-state index contributed by atoms with van der Waals surface area (Å²) in [6, 6.07) is 2.67. The Labute approximate surface area is 106 Å². The molecule has 0 saturated heterocycles. The number of amides is 2. The van der Waals surface area contributed by atoms with Crippen LogP contribution in [0.2, 0.25) is 0 Å². The third kappa shape index (κ3) is 4.04. The molecule has 6 heteroatoms. The van der Waals surface area contributed by atoms with Crippen LogP contribution in [-0.4, -0.2) is 40.6 Å². The standard InChI is InChI=1S/C12H17N3O3/c1-3-6-15(2)12(18)14-8-10-7-9(11(16)17)4-5-13-10/h4-5,7H,3,6,8H2,1-2H3,(H,14,18)(H,16,17). The Morgan fingerprint density at radius 3 is 2.83 bits per heavy atom. The molecule has 18 heavy (non-hydrogen) atoms. The second-order valence-electron chi connectivity index (χ2n) is 3.92. The van der Waals surface area contributed by atoms with Gasteiger partial charge in [-0.3, -0.25) is 4.98 Å². The maximum absolute atomic E-state index is 11.6. The minimum absolute atomic E-state index is 0.163. The molecule has 0 bridgehead atoms. The summed E-state index contributed by atoms with van der Waals surface area (Å²) in [5, 5.41) is 11.5. The number of aromatic carboxylic acids is 1. The summed E-state index contributed by atoms with van der Waals surface area (Å²) in [6.45, 7) is 2.88. The number of nitrogens with one attached hydrogen (secondary N) is 1. The molecule has 98 valence electrons. The molecule has 0 fully saturated rings. The number of hydrogen-bond donors (Lipinski definition) is 2. The molecule has 6 nitrogen and oxygen atoms in total. The van der Waals surface area contributed by atoms with Gasteiger partial charge in [-0.05, 0) is 18.6 Å². The van der Waals surface area contributed by atoms with Crippen LogP contribution in [0.15, 0.2) is 18.3 Å². The summed E-state index contributed by atoms with van der Waals surface area (Å²) in [6.07, 6.45) is 2.30. The molecule has 1 aromatic rings. The lowest BCUT2D eigenvalue weighted by Crippen LogP contribution is -2.37. The van der Waals surface area contributed by atoms with Crippen molar-refractivity contribution in [2.45, 2.75) is 19.9 Å². The fourth-order valence-corrected chi connectivity index (χ4v) is 1.45. The zero-order valence-corrected chi connectivity index (χ0v) is 10.5. The number of urea groups is 1. The Balaban J connectivity index is 2.55. The Morgan fingerprint density at radius 2 is 2.22 bits per heavy atom. The van der Waals surface area contributed by atoms with Gasteiger partial charge in [0.1, 0.15) is 0 Å². The topological polar surface area (TPSA) is 82.5 Å². The number of carboxylic acids is 1. The van der Waals surface area contributed by atoms with Gasteiger partial charge in [0.25, 0.3) is 0 Å². The second-order valence-corrected chi connectivity index (χ2v) is 3.92. The molecule has 0 aliphatic heterocycles. The second kappa shape index (κ2) is 6.58. The van der Waals surface area contributed by atoms with Gasteiger partial charge in [0.05, 0.1) is 17.8 Å². The fourth-order valence-electron chi connectivity index (χ4n) is 1.45. The van der Waals surface area contributed by atoms with Gasteiger partial charge in [-0.1, -0.05) is 6.92 Å². The summed E-state index contributed by atoms with van der Waals surface area (Å²) in [7, 11) is 1.71. The van der Waals surface area contributed by atoms with Crippen molar-refractivity contribution in [2.75, 3.05) is 13.6 Å². The normalized spacial score (nSPS) is 9.89. The van der Waals surface area contributed by atoms with Gasteiger partial charge in [-0.2, -0.15) is 0 Å². The number of carboxylic acid groups (broad SMARTS) is 1. The van der Waals surface area contributed by atoms with Crippen LogP contribution in [0.5, 0.6) is 0 Å². The third-order valence-corrected chi connectivity index (χ3v) is 2.39. The fraction of sp³-hybridized carbons (Fsp3) is 0.417. The predicted octanol–water partition coefficient (Wildman–Crippen LogP) is 1.33. The number of pyridine rings is 1. The molecule has 1 aromatic heterocycles. The van der Waals surface area contributed by atoms with Crippen LogP contribution in [0.25, 0.3) is 0 Å². The highest BCUT2D eigenvalue weighted by Gasteiger charge is 2.08. The molecule has 0 aliphatic rings. The lowest BCUT2D eigenvalue weighted by atomic mass is 10.2. The summed E-state index contributed by atoms with van der Waals surface area (Å²) < 4.78 is 0. The smallest absolute Gasteiger partial charge is 0.335 e. The lowest BCUT2D eigenvalue weighted by Gasteiger charge is -2.16. The number of rotatable bonds is 5. The van der Waals surface area contributed by atoms with E-state index in [9.17, 15) is 9.59 Å². The van der Waals surface area contributed by atoms with Crippen LogP contribution < -0.4 is 5.32 Å². The minimum atomic E-state index is -1.01. The molecular weight excluding hydrogens is 234 g/mol. The van der Waals surface area contributed by atoms with E-state index < -0.39 is 5.97 Å². The minimum Gasteiger partial charge on any atom is -0.478 e. The van der Waals surface area contributed by atoms with Crippen LogP contribution in [0.4, 0.5) is 4.79 Å². The van der Waals surface area contributed by atoms with E-state index in [0.717, 1.165) is 6.42 Å². The monoisotopic (exact) mass is 251 g/mol. The summed E-state index contributed by atoms with van der Waals surface area (Å²) in [4.78, 5) is 27.9. The molecule has 0 unspecified atom stereocenters. The van der Waals surface area contributed by atoms with Gasteiger partial charge in [-0.25, -0.2) is 9.59 Å². The molecule has 0 radical (unpaired) electrons. The van der Waals surface area contributed by atoms with E-state index >= 15 is 0 Å². The molecule has 0 spiro atoms. The largest absolute Gasteiger partial charge is 0.478 e. The third-order valence-electron chi connectivity index (χ3n) is 2.39. The van der Waals surface area contributed by atoms with Gasteiger partial charge >= 0.3 is 12.0 Å². The van der Waals surface area contributed by atoms with Crippen molar-refractivity contribution in [3.8, 4) is 0 Å². The summed E-state index contributed by atoms with van der Waals surface area (Å²) >= 11 is 0. The van der Waals surface area contributed by atoms with Gasteiger partial charge < -0.3 is 15.3 Å². The molecule has 1 rings (SSSR count). The maximum Gasteiger partial charge on any atom is 0.335 e. The highest BCUT2D eigenvalue weighted by Crippen LogP contribution is 2.01. The van der Waals surface area contributed by atoms with Crippen molar-refractivity contribution < 1.29 is 14.7 Å². The molecular formula is C12H17N3O3. The van der Waals surface area contributed by atoms with E-state index in [1.807, 2.05) is 6.92 Å². The SMILES string of the molecule is CCCN(C)C(=O)NCc1cc(C(=O)O)ccn1. The van der Waals surface area contributed by atoms with Crippen molar-refractivity contribution in [1.29, 1.82) is 0 Å². The lowest BCUT2D eigenvalue weighted by molar-refractivity contribution is 0.0696. The highest BCUT2D eigenvalue weighted by molar-refractivity contribution is 5.87. The van der Waals surface area contributed by atoms with Crippen LogP contribution in [0.1, 0.15) is 29.4 Å². The van der Waals surface area contributed by atoms with Crippen LogP contribution in [-0.2, 0) is 6.54 Å². The first-order chi connectivity index (χ1) is 8.54. The number of carbonyl (C=O) groups excluding carboxylic acids is 1. The Bertz CT molecular complexity index is 434. The number of nitrogens with zero attached hydrogens (tertiary/aromatic N) is 2. The Morgan fingerprint density at radius 1 is 1.50 bits per heavy atom. The maximum atomic E-state index is 11.6. The first kappa shape index (κ1) is 14.0. The molecule has 0 aliphatic carbocycles. The first-order valence-corrected chi connectivity index (χ1v) is 5.71. The van der Waals surface area contributed by atoms with Crippen molar-refractivity contribution in [1.82, 2.24) is 15.2 Å². The van der Waals surface area contributed by atoms with Crippen LogP contribution >= 0.6 is 0 Å². The van der Waals surface area contributed by atoms with E-state index in [4.69, 9.17) is 5.11 Å². The predicted molar refractivity (Wildman–Crippen MR) is 66.4 cm³/mol. The van der Waals surface area contributed by atoms with E-state index in [1.165, 1.54) is 18.3 Å². The van der Waals surface area contributed by atoms with Crippen molar-refractivity contribution in [3.63, 3.8) is 0 Å². The average molecular weight is 251 g/mol. The molecule has 2 N–H and O–H groups in total. The molecule has 0 saturated carbocycles. The van der Waals surface area contributed by atoms with Crippen molar-refractivity contribution in [3.05, 3.63) is 29.6 Å². The van der Waals surface area contributed by atoms with Crippen LogP contribution in [0, 0.1) is 0 Å². The van der Waals surface area contributed by atoms with Crippen molar-refractivity contribution in [2.24, 2.45) is 0 Å². The quantitative estimate of drug-likeness (QED) is 0.827. The number of aromatic nitrogens is 1. The number of carbonyl (C=O) groups is 2. The Kier molecular flexibility index (Phi) is 5.10. The van der Waals surface area contributed by atoms with Gasteiger partial charge in [0.15, 0.2) is 0 Å². The summed E-state index contributed by atoms with van der Waals surface area (Å²) in [5.74, 6) is -1.01. The molecule has 1 heterocycles.